The van der Waals surface area contributed by atoms with Gasteiger partial charge in [-0.1, -0.05) is 36.3 Å². The summed E-state index contributed by atoms with van der Waals surface area (Å²) in [5.41, 5.74) is 3.57. The number of hydrogen-bond acceptors (Lipinski definition) is 4. The van der Waals surface area contributed by atoms with Gasteiger partial charge in [-0.05, 0) is 81.7 Å². The lowest BCUT2D eigenvalue weighted by molar-refractivity contribution is -0.139. The summed E-state index contributed by atoms with van der Waals surface area (Å²) in [6.07, 6.45) is 11.1. The lowest BCUT2D eigenvalue weighted by Gasteiger charge is -2.40. The second-order valence-corrected chi connectivity index (χ2v) is 12.6. The maximum Gasteiger partial charge on any atom is 0.410 e. The van der Waals surface area contributed by atoms with E-state index in [9.17, 15) is 9.59 Å². The highest BCUT2D eigenvalue weighted by Gasteiger charge is 2.43. The lowest BCUT2D eigenvalue weighted by atomic mass is 9.79. The minimum absolute atomic E-state index is 0.0406. The number of para-hydroxylation sites is 1. The number of methoxy groups -OCH3 is 1. The van der Waals surface area contributed by atoms with Crippen LogP contribution in [0.4, 0.5) is 4.79 Å². The molecule has 2 fully saturated rings. The smallest absolute Gasteiger partial charge is 0.410 e. The van der Waals surface area contributed by atoms with E-state index in [0.29, 0.717) is 32.7 Å². The van der Waals surface area contributed by atoms with E-state index in [2.05, 4.69) is 51.9 Å². The van der Waals surface area contributed by atoms with Gasteiger partial charge in [0, 0.05) is 68.6 Å². The van der Waals surface area contributed by atoms with Gasteiger partial charge < -0.3 is 23.8 Å². The molecule has 3 aromatic rings. The molecule has 1 aromatic heterocycles. The van der Waals surface area contributed by atoms with Crippen molar-refractivity contribution < 1.29 is 19.1 Å². The Morgan fingerprint density at radius 2 is 1.88 bits per heavy atom. The number of amides is 2. The zero-order chi connectivity index (χ0) is 29.9. The molecular weight excluding hydrogens is 526 g/mol. The van der Waals surface area contributed by atoms with Crippen molar-refractivity contribution in [1.29, 1.82) is 0 Å². The first-order valence-electron chi connectivity index (χ1n) is 15.1. The molecule has 0 radical (unpaired) electrons. The highest BCUT2D eigenvalue weighted by atomic mass is 16.6. The van der Waals surface area contributed by atoms with Crippen molar-refractivity contribution >= 4 is 22.9 Å². The van der Waals surface area contributed by atoms with Crippen LogP contribution in [0, 0.1) is 18.3 Å². The average molecular weight is 570 g/mol. The predicted octanol–water partition coefficient (Wildman–Crippen LogP) is 6.19. The van der Waals surface area contributed by atoms with Crippen LogP contribution in [-0.2, 0) is 27.4 Å². The molecule has 0 bridgehead atoms. The summed E-state index contributed by atoms with van der Waals surface area (Å²) in [7, 11) is 1.73. The molecule has 7 heteroatoms. The molecule has 1 saturated heterocycles. The fourth-order valence-electron chi connectivity index (χ4n) is 6.14. The number of likely N-dealkylation sites (tertiary alicyclic amines) is 1. The summed E-state index contributed by atoms with van der Waals surface area (Å²) in [5.74, 6) is 2.40. The van der Waals surface area contributed by atoms with Crippen LogP contribution in [0.3, 0.4) is 0 Å². The van der Waals surface area contributed by atoms with Crippen molar-refractivity contribution in [3.63, 3.8) is 0 Å². The second-order valence-electron chi connectivity index (χ2n) is 12.6. The molecule has 222 valence electrons. The fraction of sp³-hybridized carbons (Fsp3) is 0.486. The number of carbonyl (C=O) groups excluding carboxylic acids is 2. The predicted molar refractivity (Wildman–Crippen MR) is 165 cm³/mol. The van der Waals surface area contributed by atoms with Crippen molar-refractivity contribution in [3.8, 4) is 12.3 Å². The Kier molecular flexibility index (Phi) is 8.93. The highest BCUT2D eigenvalue weighted by Crippen LogP contribution is 2.39. The number of nitrogens with zero attached hydrogens (tertiary/aromatic N) is 3. The monoisotopic (exact) mass is 569 g/mol. The third kappa shape index (κ3) is 6.82. The zero-order valence-electron chi connectivity index (χ0n) is 25.3. The maximum atomic E-state index is 14.6. The van der Waals surface area contributed by atoms with Crippen molar-refractivity contribution in [3.05, 3.63) is 71.4 Å². The molecule has 1 aliphatic heterocycles. The van der Waals surface area contributed by atoms with Crippen molar-refractivity contribution in [2.45, 2.75) is 77.1 Å². The summed E-state index contributed by atoms with van der Waals surface area (Å²) < 4.78 is 13.3. The summed E-state index contributed by atoms with van der Waals surface area (Å²) in [5, 5.41) is 1.17. The van der Waals surface area contributed by atoms with Crippen molar-refractivity contribution in [2.24, 2.45) is 5.92 Å². The number of piperidine rings is 1. The summed E-state index contributed by atoms with van der Waals surface area (Å²) in [6, 6.07) is 16.6. The number of benzene rings is 2. The fourth-order valence-corrected chi connectivity index (χ4v) is 6.14. The Balaban J connectivity index is 1.45. The molecule has 2 heterocycles. The molecule has 0 spiro atoms. The van der Waals surface area contributed by atoms with Gasteiger partial charge in [0.2, 0.25) is 5.91 Å². The van der Waals surface area contributed by atoms with E-state index in [4.69, 9.17) is 15.9 Å². The Hall–Kier alpha value is -3.76. The SMILES string of the molecule is C#Cc1cccc([C@H]2CCN(C(=O)OC(C)(C)C)C[C@@H]2C(=O)N(Cc2cn(CCCOC)c3ccccc23)C2CC2)c1. The van der Waals surface area contributed by atoms with Gasteiger partial charge >= 0.3 is 6.09 Å². The molecule has 7 nitrogen and oxygen atoms in total. The van der Waals surface area contributed by atoms with Gasteiger partial charge in [-0.25, -0.2) is 4.79 Å². The molecule has 0 unspecified atom stereocenters. The van der Waals surface area contributed by atoms with E-state index in [1.807, 2.05) is 39.0 Å². The van der Waals surface area contributed by atoms with Gasteiger partial charge in [0.25, 0.3) is 0 Å². The van der Waals surface area contributed by atoms with Gasteiger partial charge in [-0.2, -0.15) is 0 Å². The molecule has 1 saturated carbocycles. The normalized spacial score (nSPS) is 19.0. The first-order valence-corrected chi connectivity index (χ1v) is 15.1. The molecule has 2 amide bonds. The van der Waals surface area contributed by atoms with Crippen LogP contribution in [0.15, 0.2) is 54.7 Å². The Morgan fingerprint density at radius 1 is 1.10 bits per heavy atom. The van der Waals surface area contributed by atoms with Gasteiger partial charge in [0.15, 0.2) is 0 Å². The first kappa shape index (κ1) is 29.7. The Morgan fingerprint density at radius 3 is 2.60 bits per heavy atom. The summed E-state index contributed by atoms with van der Waals surface area (Å²) >= 11 is 0. The number of hydrogen-bond donors (Lipinski definition) is 0. The summed E-state index contributed by atoms with van der Waals surface area (Å²) in [4.78, 5) is 31.5. The highest BCUT2D eigenvalue weighted by molar-refractivity contribution is 5.86. The first-order chi connectivity index (χ1) is 20.2. The van der Waals surface area contributed by atoms with Crippen LogP contribution in [0.25, 0.3) is 10.9 Å². The van der Waals surface area contributed by atoms with E-state index in [-0.39, 0.29) is 24.0 Å². The second kappa shape index (κ2) is 12.6. The van der Waals surface area contributed by atoms with Crippen LogP contribution in [0.2, 0.25) is 0 Å². The van der Waals surface area contributed by atoms with Crippen molar-refractivity contribution in [2.75, 3.05) is 26.8 Å². The molecule has 1 aliphatic carbocycles. The number of aryl methyl sites for hydroxylation is 1. The van der Waals surface area contributed by atoms with Gasteiger partial charge in [-0.3, -0.25) is 4.79 Å². The van der Waals surface area contributed by atoms with Gasteiger partial charge in [0.1, 0.15) is 5.60 Å². The van der Waals surface area contributed by atoms with E-state index in [1.54, 1.807) is 12.0 Å². The van der Waals surface area contributed by atoms with Crippen molar-refractivity contribution in [1.82, 2.24) is 14.4 Å². The van der Waals surface area contributed by atoms with Crippen LogP contribution >= 0.6 is 0 Å². The largest absolute Gasteiger partial charge is 0.444 e. The molecule has 2 aromatic carbocycles. The zero-order valence-corrected chi connectivity index (χ0v) is 25.3. The minimum atomic E-state index is -0.605. The number of rotatable bonds is 9. The molecule has 2 atom stereocenters. The molecule has 42 heavy (non-hydrogen) atoms. The molecular formula is C35H43N3O4. The third-order valence-electron chi connectivity index (χ3n) is 8.29. The van der Waals surface area contributed by atoms with E-state index < -0.39 is 11.5 Å². The average Bonchev–Trinajstić information content (AvgIpc) is 3.77. The van der Waals surface area contributed by atoms with Crippen LogP contribution in [0.1, 0.15) is 69.1 Å². The topological polar surface area (TPSA) is 64.0 Å². The standard InChI is InChI=1S/C35H43N3O4/c1-6-25-11-9-12-26(21-25)29-17-19-37(34(40)42-35(2,3)4)24-31(29)33(39)38(28-15-16-28)23-27-22-36(18-10-20-41-5)32-14-8-7-13-30(27)32/h1,7-9,11-14,21-22,28-29,31H,10,15-20,23-24H2,2-5H3/t29-,31+/m1/s1. The van der Waals surface area contributed by atoms with E-state index in [0.717, 1.165) is 42.5 Å². The number of ether oxygens (including phenoxy) is 2. The van der Waals surface area contributed by atoms with Gasteiger partial charge in [-0.15, -0.1) is 6.42 Å². The number of carbonyl (C=O) groups is 2. The minimum Gasteiger partial charge on any atom is -0.444 e. The quantitative estimate of drug-likeness (QED) is 0.228. The number of aromatic nitrogens is 1. The number of terminal acetylenes is 1. The summed E-state index contributed by atoms with van der Waals surface area (Å²) in [6.45, 7) is 8.55. The molecule has 2 aliphatic rings. The Bertz CT molecular complexity index is 1460. The molecule has 5 rings (SSSR count). The van der Waals surface area contributed by atoms with E-state index in [1.165, 1.54) is 10.9 Å². The third-order valence-corrected chi connectivity index (χ3v) is 8.29. The maximum absolute atomic E-state index is 14.6. The Labute approximate surface area is 249 Å². The molecule has 0 N–H and O–H groups in total. The lowest BCUT2D eigenvalue weighted by Crippen LogP contribution is -2.51. The number of fused-ring (bicyclic) bond motifs is 1. The van der Waals surface area contributed by atoms with Crippen LogP contribution < -0.4 is 0 Å². The van der Waals surface area contributed by atoms with Gasteiger partial charge in [0.05, 0.1) is 5.92 Å². The van der Waals surface area contributed by atoms with Crippen LogP contribution in [-0.4, -0.2) is 64.8 Å². The van der Waals surface area contributed by atoms with Crippen LogP contribution in [0.5, 0.6) is 0 Å². The van der Waals surface area contributed by atoms with E-state index >= 15 is 0 Å².